The molecule has 138 valence electrons. The summed E-state index contributed by atoms with van der Waals surface area (Å²) < 4.78 is 5.82. The first-order chi connectivity index (χ1) is 10.7. The molecule has 2 saturated heterocycles. The average molecular weight is 378 g/mol. The predicted octanol–water partition coefficient (Wildman–Crippen LogP) is 2.83. The molecule has 1 amide bonds. The van der Waals surface area contributed by atoms with E-state index < -0.39 is 0 Å². The zero-order chi connectivity index (χ0) is 15.4. The van der Waals surface area contributed by atoms with Gasteiger partial charge in [0.25, 0.3) is 0 Å². The van der Waals surface area contributed by atoms with E-state index in [4.69, 9.17) is 4.42 Å². The highest BCUT2D eigenvalue weighted by atomic mass is 35.5. The Morgan fingerprint density at radius 2 is 2.08 bits per heavy atom. The third-order valence-electron chi connectivity index (χ3n) is 4.76. The van der Waals surface area contributed by atoms with Crippen LogP contribution in [-0.2, 0) is 4.79 Å². The Morgan fingerprint density at radius 1 is 1.33 bits per heavy atom. The molecule has 1 aromatic heterocycles. The zero-order valence-corrected chi connectivity index (χ0v) is 15.9. The fraction of sp³-hybridized carbons (Fsp3) is 0.706. The molecule has 2 aliphatic heterocycles. The first kappa shape index (κ1) is 21.3. The number of halogens is 2. The van der Waals surface area contributed by atoms with E-state index in [1.807, 2.05) is 19.1 Å². The molecule has 2 fully saturated rings. The molecule has 1 aromatic rings. The van der Waals surface area contributed by atoms with Crippen LogP contribution in [0.15, 0.2) is 16.5 Å². The van der Waals surface area contributed by atoms with E-state index in [0.717, 1.165) is 37.6 Å². The maximum absolute atomic E-state index is 12.2. The summed E-state index contributed by atoms with van der Waals surface area (Å²) in [6.07, 6.45) is 5.34. The molecular weight excluding hydrogens is 349 g/mol. The van der Waals surface area contributed by atoms with Crippen molar-refractivity contribution in [3.05, 3.63) is 23.7 Å². The van der Waals surface area contributed by atoms with Gasteiger partial charge in [0, 0.05) is 19.0 Å². The highest BCUT2D eigenvalue weighted by Gasteiger charge is 2.27. The molecule has 2 N–H and O–H groups in total. The minimum absolute atomic E-state index is 0. The molecule has 0 bridgehead atoms. The van der Waals surface area contributed by atoms with E-state index in [1.54, 1.807) is 0 Å². The molecule has 0 radical (unpaired) electrons. The van der Waals surface area contributed by atoms with Crippen LogP contribution in [0, 0.1) is 6.92 Å². The second kappa shape index (κ2) is 10.3. The van der Waals surface area contributed by atoms with Gasteiger partial charge in [0.2, 0.25) is 5.91 Å². The van der Waals surface area contributed by atoms with Crippen LogP contribution < -0.4 is 10.6 Å². The zero-order valence-electron chi connectivity index (χ0n) is 14.3. The summed E-state index contributed by atoms with van der Waals surface area (Å²) in [6.45, 7) is 5.82. The van der Waals surface area contributed by atoms with Gasteiger partial charge in [-0.1, -0.05) is 0 Å². The number of hydrogen-bond donors (Lipinski definition) is 2. The van der Waals surface area contributed by atoms with Gasteiger partial charge in [-0.05, 0) is 64.4 Å². The normalized spacial score (nSPS) is 21.8. The number of furan rings is 1. The summed E-state index contributed by atoms with van der Waals surface area (Å²) in [7, 11) is 0. The number of aryl methyl sites for hydroxylation is 1. The van der Waals surface area contributed by atoms with Crippen molar-refractivity contribution in [2.75, 3.05) is 26.2 Å². The third-order valence-corrected chi connectivity index (χ3v) is 4.76. The van der Waals surface area contributed by atoms with E-state index in [-0.39, 0.29) is 36.8 Å². The van der Waals surface area contributed by atoms with Crippen molar-refractivity contribution in [3.63, 3.8) is 0 Å². The second-order valence-corrected chi connectivity index (χ2v) is 6.51. The van der Waals surface area contributed by atoms with Crippen LogP contribution >= 0.6 is 24.8 Å². The Hall–Kier alpha value is -0.750. The Bertz CT molecular complexity index is 498. The lowest BCUT2D eigenvalue weighted by Gasteiger charge is -2.26. The van der Waals surface area contributed by atoms with Crippen molar-refractivity contribution in [3.8, 4) is 0 Å². The van der Waals surface area contributed by atoms with Gasteiger partial charge in [-0.2, -0.15) is 0 Å². The minimum Gasteiger partial charge on any atom is -0.465 e. The number of amides is 1. The lowest BCUT2D eigenvalue weighted by Crippen LogP contribution is -2.38. The third kappa shape index (κ3) is 5.66. The molecule has 2 aliphatic rings. The SMILES string of the molecule is Cc1ccc(C(CNC(=O)CC2CCCN2)N2CCCC2)o1.Cl.Cl. The van der Waals surface area contributed by atoms with Crippen LogP contribution in [0.2, 0.25) is 0 Å². The van der Waals surface area contributed by atoms with Crippen molar-refractivity contribution in [2.24, 2.45) is 0 Å². The van der Waals surface area contributed by atoms with Gasteiger partial charge >= 0.3 is 0 Å². The highest BCUT2D eigenvalue weighted by molar-refractivity contribution is 5.85. The molecule has 0 aliphatic carbocycles. The monoisotopic (exact) mass is 377 g/mol. The predicted molar refractivity (Wildman–Crippen MR) is 100 cm³/mol. The lowest BCUT2D eigenvalue weighted by molar-refractivity contribution is -0.121. The molecule has 5 nitrogen and oxygen atoms in total. The van der Waals surface area contributed by atoms with Crippen molar-refractivity contribution >= 4 is 30.7 Å². The Morgan fingerprint density at radius 3 is 2.67 bits per heavy atom. The smallest absolute Gasteiger partial charge is 0.221 e. The summed E-state index contributed by atoms with van der Waals surface area (Å²) in [5.74, 6) is 2.05. The minimum atomic E-state index is 0. The topological polar surface area (TPSA) is 57.5 Å². The van der Waals surface area contributed by atoms with Crippen LogP contribution in [0.4, 0.5) is 0 Å². The van der Waals surface area contributed by atoms with Crippen LogP contribution in [-0.4, -0.2) is 43.0 Å². The molecule has 2 unspecified atom stereocenters. The van der Waals surface area contributed by atoms with Gasteiger partial charge < -0.3 is 15.1 Å². The molecule has 0 saturated carbocycles. The molecule has 24 heavy (non-hydrogen) atoms. The van der Waals surface area contributed by atoms with E-state index in [1.165, 1.54) is 19.3 Å². The number of likely N-dealkylation sites (tertiary alicyclic amines) is 1. The average Bonchev–Trinajstić information content (AvgIpc) is 3.22. The van der Waals surface area contributed by atoms with E-state index in [2.05, 4.69) is 15.5 Å². The van der Waals surface area contributed by atoms with Crippen LogP contribution in [0.3, 0.4) is 0 Å². The molecule has 7 heteroatoms. The van der Waals surface area contributed by atoms with Gasteiger partial charge in [0.15, 0.2) is 0 Å². The van der Waals surface area contributed by atoms with Crippen LogP contribution in [0.1, 0.15) is 49.7 Å². The van der Waals surface area contributed by atoms with Crippen molar-refractivity contribution in [1.29, 1.82) is 0 Å². The van der Waals surface area contributed by atoms with E-state index in [9.17, 15) is 4.79 Å². The molecule has 3 rings (SSSR count). The molecule has 0 aromatic carbocycles. The number of nitrogens with one attached hydrogen (secondary N) is 2. The standard InChI is InChI=1S/C17H27N3O2.2ClH/c1-13-6-7-16(22-13)15(20-9-2-3-10-20)12-19-17(21)11-14-5-4-8-18-14;;/h6-7,14-15,18H,2-5,8-12H2,1H3,(H,19,21);2*1H. The van der Waals surface area contributed by atoms with Gasteiger partial charge in [0.05, 0.1) is 6.04 Å². The molecule has 2 atom stereocenters. The summed E-state index contributed by atoms with van der Waals surface area (Å²) >= 11 is 0. The van der Waals surface area contributed by atoms with Crippen LogP contribution in [0.5, 0.6) is 0 Å². The first-order valence-electron chi connectivity index (χ1n) is 8.53. The van der Waals surface area contributed by atoms with Gasteiger partial charge in [-0.3, -0.25) is 9.69 Å². The Balaban J connectivity index is 0.00000144. The summed E-state index contributed by atoms with van der Waals surface area (Å²) in [6, 6.07) is 4.57. The summed E-state index contributed by atoms with van der Waals surface area (Å²) in [5, 5.41) is 6.49. The van der Waals surface area contributed by atoms with Crippen molar-refractivity contribution < 1.29 is 9.21 Å². The maximum Gasteiger partial charge on any atom is 0.221 e. The largest absolute Gasteiger partial charge is 0.465 e. The number of rotatable bonds is 6. The number of hydrogen-bond acceptors (Lipinski definition) is 4. The van der Waals surface area contributed by atoms with E-state index >= 15 is 0 Å². The molecular formula is C17H29Cl2N3O2. The fourth-order valence-electron chi connectivity index (χ4n) is 3.53. The highest BCUT2D eigenvalue weighted by Crippen LogP contribution is 2.26. The number of carbonyl (C=O) groups is 1. The van der Waals surface area contributed by atoms with Crippen LogP contribution in [0.25, 0.3) is 0 Å². The quantitative estimate of drug-likeness (QED) is 0.799. The Kier molecular flexibility index (Phi) is 9.13. The fourth-order valence-corrected chi connectivity index (χ4v) is 3.53. The maximum atomic E-state index is 12.2. The number of nitrogens with zero attached hydrogens (tertiary/aromatic N) is 1. The van der Waals surface area contributed by atoms with E-state index in [0.29, 0.717) is 19.0 Å². The first-order valence-corrected chi connectivity index (χ1v) is 8.53. The van der Waals surface area contributed by atoms with Gasteiger partial charge in [-0.25, -0.2) is 0 Å². The molecule has 3 heterocycles. The van der Waals surface area contributed by atoms with Gasteiger partial charge in [-0.15, -0.1) is 24.8 Å². The van der Waals surface area contributed by atoms with Crippen molar-refractivity contribution in [2.45, 2.75) is 51.1 Å². The van der Waals surface area contributed by atoms with Gasteiger partial charge in [0.1, 0.15) is 11.5 Å². The summed E-state index contributed by atoms with van der Waals surface area (Å²) in [4.78, 5) is 14.6. The summed E-state index contributed by atoms with van der Waals surface area (Å²) in [5.41, 5.74) is 0. The Labute approximate surface area is 156 Å². The second-order valence-electron chi connectivity index (χ2n) is 6.51. The molecule has 0 spiro atoms. The number of carbonyl (C=O) groups excluding carboxylic acids is 1. The lowest BCUT2D eigenvalue weighted by atomic mass is 10.1. The van der Waals surface area contributed by atoms with Crippen molar-refractivity contribution in [1.82, 2.24) is 15.5 Å².